The zero-order chi connectivity index (χ0) is 15.7. The smallest absolute Gasteiger partial charge is 0.275 e. The van der Waals surface area contributed by atoms with Crippen LogP contribution in [0.15, 0.2) is 12.1 Å². The fourth-order valence-electron chi connectivity index (χ4n) is 2.51. The second kappa shape index (κ2) is 5.49. The average Bonchev–Trinajstić information content (AvgIpc) is 2.35. The third-order valence-electron chi connectivity index (χ3n) is 3.61. The van der Waals surface area contributed by atoms with Crippen molar-refractivity contribution in [2.24, 2.45) is 0 Å². The number of aryl methyl sites for hydroxylation is 2. The highest BCUT2D eigenvalue weighted by Crippen LogP contribution is 2.27. The van der Waals surface area contributed by atoms with Crippen molar-refractivity contribution in [1.29, 1.82) is 0 Å². The maximum Gasteiger partial charge on any atom is 0.275 e. The number of carbonyl (C=O) groups excluding carboxylic acids is 2. The molecule has 0 saturated carbocycles. The summed E-state index contributed by atoms with van der Waals surface area (Å²) in [7, 11) is 0. The summed E-state index contributed by atoms with van der Waals surface area (Å²) >= 11 is 0. The van der Waals surface area contributed by atoms with Crippen LogP contribution in [0.25, 0.3) is 0 Å². The van der Waals surface area contributed by atoms with E-state index in [-0.39, 0.29) is 11.6 Å². The second-order valence-corrected chi connectivity index (χ2v) is 4.99. The molecular weight excluding hydrogens is 278 g/mol. The van der Waals surface area contributed by atoms with Crippen LogP contribution in [0.2, 0.25) is 0 Å². The average molecular weight is 293 g/mol. The normalized spacial score (nSPS) is 17.1. The largest absolute Gasteiger partial charge is 0.326 e. The summed E-state index contributed by atoms with van der Waals surface area (Å²) in [6.45, 7) is 3.54. The van der Waals surface area contributed by atoms with Gasteiger partial charge in [0.1, 0.15) is 6.04 Å². The van der Waals surface area contributed by atoms with Gasteiger partial charge in [-0.2, -0.15) is 0 Å². The molecule has 1 aromatic carbocycles. The van der Waals surface area contributed by atoms with Gasteiger partial charge in [-0.15, -0.1) is 0 Å². The maximum absolute atomic E-state index is 12.3. The lowest BCUT2D eigenvalue weighted by Gasteiger charge is -2.39. The summed E-state index contributed by atoms with van der Waals surface area (Å²) in [5.74, 6) is -1.01. The van der Waals surface area contributed by atoms with Crippen molar-refractivity contribution in [3.8, 4) is 0 Å². The summed E-state index contributed by atoms with van der Waals surface area (Å²) in [6, 6.07) is 2.19. The molecule has 0 spiro atoms. The SMILES string of the molecule is Cc1cc(C(=O)N2CCC2C(=O)NO)cc(C)c1[N+](=O)[O-]. The standard InChI is InChI=1S/C13H15N3O5/c1-7-5-9(6-8(2)11(7)16(20)21)13(18)15-4-3-10(15)12(17)14-19/h5-6,10,19H,3-4H2,1-2H3,(H,14,17). The molecule has 1 atom stereocenters. The quantitative estimate of drug-likeness (QED) is 0.489. The molecule has 1 aliphatic rings. The number of nitro groups is 1. The molecule has 21 heavy (non-hydrogen) atoms. The van der Waals surface area contributed by atoms with Gasteiger partial charge in [-0.3, -0.25) is 24.9 Å². The van der Waals surface area contributed by atoms with Crippen LogP contribution in [-0.4, -0.2) is 39.4 Å². The van der Waals surface area contributed by atoms with Crippen molar-refractivity contribution in [3.63, 3.8) is 0 Å². The summed E-state index contributed by atoms with van der Waals surface area (Å²) < 4.78 is 0. The minimum Gasteiger partial charge on any atom is -0.326 e. The lowest BCUT2D eigenvalue weighted by Crippen LogP contribution is -2.57. The molecule has 2 amide bonds. The van der Waals surface area contributed by atoms with E-state index in [9.17, 15) is 19.7 Å². The Bertz CT molecular complexity index is 605. The van der Waals surface area contributed by atoms with Gasteiger partial charge in [0.25, 0.3) is 17.5 Å². The second-order valence-electron chi connectivity index (χ2n) is 4.99. The van der Waals surface area contributed by atoms with Gasteiger partial charge in [-0.1, -0.05) is 0 Å². The molecular formula is C13H15N3O5. The van der Waals surface area contributed by atoms with Crippen molar-refractivity contribution in [3.05, 3.63) is 38.9 Å². The maximum atomic E-state index is 12.3. The first-order valence-electron chi connectivity index (χ1n) is 6.37. The molecule has 1 fully saturated rings. The first kappa shape index (κ1) is 14.9. The summed E-state index contributed by atoms with van der Waals surface area (Å²) in [5, 5.41) is 19.5. The van der Waals surface area contributed by atoms with E-state index in [1.54, 1.807) is 13.8 Å². The Morgan fingerprint density at radius 1 is 1.38 bits per heavy atom. The van der Waals surface area contributed by atoms with Crippen LogP contribution >= 0.6 is 0 Å². The third-order valence-corrected chi connectivity index (χ3v) is 3.61. The minimum absolute atomic E-state index is 0.0141. The van der Waals surface area contributed by atoms with Crippen LogP contribution in [0.1, 0.15) is 27.9 Å². The van der Waals surface area contributed by atoms with Crippen molar-refractivity contribution >= 4 is 17.5 Å². The van der Waals surface area contributed by atoms with Crippen molar-refractivity contribution < 1.29 is 19.7 Å². The highest BCUT2D eigenvalue weighted by Gasteiger charge is 2.38. The van der Waals surface area contributed by atoms with E-state index >= 15 is 0 Å². The van der Waals surface area contributed by atoms with Crippen LogP contribution in [0, 0.1) is 24.0 Å². The lowest BCUT2D eigenvalue weighted by molar-refractivity contribution is -0.386. The Hall–Kier alpha value is -2.48. The number of likely N-dealkylation sites (tertiary alicyclic amines) is 1. The molecule has 1 saturated heterocycles. The minimum atomic E-state index is -0.696. The predicted octanol–water partition coefficient (Wildman–Crippen LogP) is 0.932. The van der Waals surface area contributed by atoms with Crippen LogP contribution < -0.4 is 5.48 Å². The number of nitrogens with zero attached hydrogens (tertiary/aromatic N) is 2. The van der Waals surface area contributed by atoms with Gasteiger partial charge in [-0.05, 0) is 32.4 Å². The Balaban J connectivity index is 2.29. The number of benzene rings is 1. The van der Waals surface area contributed by atoms with E-state index in [0.29, 0.717) is 29.7 Å². The van der Waals surface area contributed by atoms with Crippen molar-refractivity contribution in [2.75, 3.05) is 6.54 Å². The first-order chi connectivity index (χ1) is 9.86. The number of hydrogen-bond acceptors (Lipinski definition) is 5. The Kier molecular flexibility index (Phi) is 3.90. The van der Waals surface area contributed by atoms with E-state index in [2.05, 4.69) is 0 Å². The number of amides is 2. The molecule has 2 N–H and O–H groups in total. The van der Waals surface area contributed by atoms with Gasteiger partial charge in [0, 0.05) is 23.2 Å². The molecule has 0 aromatic heterocycles. The molecule has 0 bridgehead atoms. The van der Waals surface area contributed by atoms with Crippen LogP contribution in [0.4, 0.5) is 5.69 Å². The van der Waals surface area contributed by atoms with Crippen LogP contribution in [0.3, 0.4) is 0 Å². The van der Waals surface area contributed by atoms with E-state index in [1.807, 2.05) is 0 Å². The summed E-state index contributed by atoms with van der Waals surface area (Å²) in [4.78, 5) is 35.5. The fourth-order valence-corrected chi connectivity index (χ4v) is 2.51. The first-order valence-corrected chi connectivity index (χ1v) is 6.37. The Labute approximate surface area is 120 Å². The molecule has 2 rings (SSSR count). The molecule has 1 unspecified atom stereocenters. The number of nitro benzene ring substituents is 1. The van der Waals surface area contributed by atoms with Gasteiger partial charge < -0.3 is 4.90 Å². The Morgan fingerprint density at radius 2 is 1.95 bits per heavy atom. The monoisotopic (exact) mass is 293 g/mol. The summed E-state index contributed by atoms with van der Waals surface area (Å²) in [5.41, 5.74) is 2.60. The van der Waals surface area contributed by atoms with E-state index in [1.165, 1.54) is 22.5 Å². The number of hydroxylamine groups is 1. The number of nitrogens with one attached hydrogen (secondary N) is 1. The van der Waals surface area contributed by atoms with Gasteiger partial charge in [0.2, 0.25) is 0 Å². The lowest BCUT2D eigenvalue weighted by atomic mass is 9.98. The summed E-state index contributed by atoms with van der Waals surface area (Å²) in [6.07, 6.45) is 0.475. The van der Waals surface area contributed by atoms with Crippen molar-refractivity contribution in [1.82, 2.24) is 10.4 Å². The van der Waals surface area contributed by atoms with Gasteiger partial charge >= 0.3 is 0 Å². The molecule has 0 radical (unpaired) electrons. The molecule has 112 valence electrons. The molecule has 1 aromatic rings. The molecule has 0 aliphatic carbocycles. The fraction of sp³-hybridized carbons (Fsp3) is 0.385. The van der Waals surface area contributed by atoms with Gasteiger partial charge in [0.15, 0.2) is 0 Å². The number of rotatable bonds is 3. The van der Waals surface area contributed by atoms with Gasteiger partial charge in [-0.25, -0.2) is 5.48 Å². The highest BCUT2D eigenvalue weighted by molar-refractivity contribution is 5.99. The number of hydrogen-bond donors (Lipinski definition) is 2. The topological polar surface area (TPSA) is 113 Å². The molecule has 1 heterocycles. The van der Waals surface area contributed by atoms with Crippen LogP contribution in [0.5, 0.6) is 0 Å². The van der Waals surface area contributed by atoms with E-state index in [4.69, 9.17) is 5.21 Å². The third kappa shape index (κ3) is 2.57. The molecule has 8 heteroatoms. The van der Waals surface area contributed by atoms with Crippen LogP contribution in [-0.2, 0) is 4.79 Å². The zero-order valence-electron chi connectivity index (χ0n) is 11.6. The molecule has 1 aliphatic heterocycles. The predicted molar refractivity (Wildman–Crippen MR) is 71.9 cm³/mol. The molecule has 8 nitrogen and oxygen atoms in total. The van der Waals surface area contributed by atoms with E-state index in [0.717, 1.165) is 0 Å². The highest BCUT2D eigenvalue weighted by atomic mass is 16.6. The zero-order valence-corrected chi connectivity index (χ0v) is 11.6. The number of carbonyl (C=O) groups is 2. The van der Waals surface area contributed by atoms with E-state index < -0.39 is 16.9 Å². The van der Waals surface area contributed by atoms with Crippen molar-refractivity contribution in [2.45, 2.75) is 26.3 Å². The van der Waals surface area contributed by atoms with Gasteiger partial charge in [0.05, 0.1) is 4.92 Å². The Morgan fingerprint density at radius 3 is 2.33 bits per heavy atom.